The maximum absolute atomic E-state index is 13.4. The molecule has 4 aromatic rings. The van der Waals surface area contributed by atoms with Gasteiger partial charge in [-0.2, -0.15) is 0 Å². The number of anilines is 1. The highest BCUT2D eigenvalue weighted by atomic mass is 16.2. The van der Waals surface area contributed by atoms with Gasteiger partial charge in [-0.1, -0.05) is 54.1 Å². The summed E-state index contributed by atoms with van der Waals surface area (Å²) in [6.45, 7) is 6.50. The summed E-state index contributed by atoms with van der Waals surface area (Å²) in [5.74, 6) is -1.34. The molecule has 0 radical (unpaired) electrons. The van der Waals surface area contributed by atoms with E-state index >= 15 is 0 Å². The Morgan fingerprint density at radius 1 is 0.829 bits per heavy atom. The molecule has 1 aromatic heterocycles. The molecule has 1 fully saturated rings. The Morgan fingerprint density at radius 3 is 2.23 bits per heavy atom. The van der Waals surface area contributed by atoms with Gasteiger partial charge in [-0.25, -0.2) is 9.69 Å². The SMILES string of the molecule is Cc1ccc(Cn2cc(/C=C3\C(=O)NC(=O)N(c4cc(C)cc(C)c4)C3=O)c3ccccc32)cc1. The molecule has 0 atom stereocenters. The number of urea groups is 1. The number of carbonyl (C=O) groups is 3. The lowest BCUT2D eigenvalue weighted by atomic mass is 10.0. The van der Waals surface area contributed by atoms with Gasteiger partial charge in [0.1, 0.15) is 5.57 Å². The molecule has 1 aliphatic rings. The Balaban J connectivity index is 1.57. The second-order valence-electron chi connectivity index (χ2n) is 9.02. The molecule has 5 rings (SSSR count). The third-order valence-electron chi connectivity index (χ3n) is 6.16. The second kappa shape index (κ2) is 8.72. The summed E-state index contributed by atoms with van der Waals surface area (Å²) < 4.78 is 2.10. The van der Waals surface area contributed by atoms with Crippen LogP contribution in [0.25, 0.3) is 17.0 Å². The van der Waals surface area contributed by atoms with Crippen molar-refractivity contribution in [2.75, 3.05) is 4.90 Å². The topological polar surface area (TPSA) is 71.4 Å². The van der Waals surface area contributed by atoms with Crippen LogP contribution in [0.5, 0.6) is 0 Å². The van der Waals surface area contributed by atoms with Crippen molar-refractivity contribution in [1.29, 1.82) is 0 Å². The summed E-state index contributed by atoms with van der Waals surface area (Å²) in [7, 11) is 0. The third kappa shape index (κ3) is 4.26. The summed E-state index contributed by atoms with van der Waals surface area (Å²) in [6, 6.07) is 20.9. The molecule has 0 saturated carbocycles. The van der Waals surface area contributed by atoms with Crippen molar-refractivity contribution in [1.82, 2.24) is 9.88 Å². The van der Waals surface area contributed by atoms with Gasteiger partial charge in [0.25, 0.3) is 11.8 Å². The summed E-state index contributed by atoms with van der Waals surface area (Å²) >= 11 is 0. The molecule has 0 unspecified atom stereocenters. The molecule has 6 nitrogen and oxygen atoms in total. The average molecular weight is 464 g/mol. The van der Waals surface area contributed by atoms with Crippen LogP contribution in [0.2, 0.25) is 0 Å². The molecule has 1 saturated heterocycles. The number of imide groups is 2. The number of nitrogens with one attached hydrogen (secondary N) is 1. The number of fused-ring (bicyclic) bond motifs is 1. The lowest BCUT2D eigenvalue weighted by Gasteiger charge is -2.26. The molecule has 0 bridgehead atoms. The van der Waals surface area contributed by atoms with E-state index in [-0.39, 0.29) is 5.57 Å². The largest absolute Gasteiger partial charge is 0.342 e. The first-order valence-electron chi connectivity index (χ1n) is 11.4. The number of nitrogens with zero attached hydrogens (tertiary/aromatic N) is 2. The van der Waals surface area contributed by atoms with E-state index in [1.54, 1.807) is 18.2 Å². The van der Waals surface area contributed by atoms with Gasteiger partial charge in [-0.05, 0) is 61.7 Å². The highest BCUT2D eigenvalue weighted by Gasteiger charge is 2.37. The highest BCUT2D eigenvalue weighted by molar-refractivity contribution is 6.39. The molecule has 6 heteroatoms. The first kappa shape index (κ1) is 22.3. The summed E-state index contributed by atoms with van der Waals surface area (Å²) in [5, 5.41) is 3.24. The van der Waals surface area contributed by atoms with Gasteiger partial charge in [0.2, 0.25) is 0 Å². The standard InChI is InChI=1S/C29H25N3O3/c1-18-8-10-21(11-9-18)16-31-17-22(24-6-4-5-7-26(24)31)15-25-27(33)30-29(35)32(28(25)34)23-13-19(2)12-20(3)14-23/h4-15,17H,16H2,1-3H3,(H,30,33,35)/b25-15+. The third-order valence-corrected chi connectivity index (χ3v) is 6.16. The Kier molecular flexibility index (Phi) is 5.57. The fourth-order valence-corrected chi connectivity index (χ4v) is 4.54. The lowest BCUT2D eigenvalue weighted by Crippen LogP contribution is -2.54. The number of barbiturate groups is 1. The number of amides is 4. The zero-order chi connectivity index (χ0) is 24.7. The first-order chi connectivity index (χ1) is 16.8. The van der Waals surface area contributed by atoms with Crippen LogP contribution in [0.4, 0.5) is 10.5 Å². The Hall–Kier alpha value is -4.45. The minimum Gasteiger partial charge on any atom is -0.342 e. The molecule has 2 heterocycles. The number of hydrogen-bond acceptors (Lipinski definition) is 3. The summed E-state index contributed by atoms with van der Waals surface area (Å²) in [5.41, 5.74) is 6.26. The van der Waals surface area contributed by atoms with Gasteiger partial charge in [-0.15, -0.1) is 0 Å². The van der Waals surface area contributed by atoms with E-state index in [4.69, 9.17) is 0 Å². The number of aromatic nitrogens is 1. The average Bonchev–Trinajstić information content (AvgIpc) is 3.14. The Bertz CT molecular complexity index is 1510. The van der Waals surface area contributed by atoms with E-state index in [1.165, 1.54) is 5.56 Å². The summed E-state index contributed by atoms with van der Waals surface area (Å²) in [6.07, 6.45) is 3.52. The van der Waals surface area contributed by atoms with E-state index in [0.717, 1.165) is 38.1 Å². The van der Waals surface area contributed by atoms with Crippen molar-refractivity contribution in [3.63, 3.8) is 0 Å². The van der Waals surface area contributed by atoms with Crippen LogP contribution >= 0.6 is 0 Å². The van der Waals surface area contributed by atoms with Crippen molar-refractivity contribution < 1.29 is 14.4 Å². The molecule has 0 spiro atoms. The normalized spacial score (nSPS) is 15.2. The molecule has 1 N–H and O–H groups in total. The van der Waals surface area contributed by atoms with Crippen LogP contribution in [-0.2, 0) is 16.1 Å². The molecule has 0 aliphatic carbocycles. The van der Waals surface area contributed by atoms with Gasteiger partial charge in [0, 0.05) is 29.2 Å². The van der Waals surface area contributed by atoms with Crippen LogP contribution in [0.15, 0.2) is 78.5 Å². The highest BCUT2D eigenvalue weighted by Crippen LogP contribution is 2.28. The number of para-hydroxylation sites is 1. The quantitative estimate of drug-likeness (QED) is 0.331. The molecule has 3 aromatic carbocycles. The number of rotatable bonds is 4. The minimum absolute atomic E-state index is 0.0815. The van der Waals surface area contributed by atoms with E-state index in [1.807, 2.05) is 50.4 Å². The van der Waals surface area contributed by atoms with E-state index in [0.29, 0.717) is 12.2 Å². The number of carbonyl (C=O) groups excluding carboxylic acids is 3. The fourth-order valence-electron chi connectivity index (χ4n) is 4.54. The van der Waals surface area contributed by atoms with E-state index in [2.05, 4.69) is 41.1 Å². The zero-order valence-electron chi connectivity index (χ0n) is 19.8. The predicted molar refractivity (Wildman–Crippen MR) is 137 cm³/mol. The number of aryl methyl sites for hydroxylation is 3. The van der Waals surface area contributed by atoms with Gasteiger partial charge in [0.15, 0.2) is 0 Å². The van der Waals surface area contributed by atoms with Crippen molar-refractivity contribution >= 4 is 40.5 Å². The zero-order valence-corrected chi connectivity index (χ0v) is 19.8. The lowest BCUT2D eigenvalue weighted by molar-refractivity contribution is -0.122. The van der Waals surface area contributed by atoms with Crippen LogP contribution in [0.1, 0.15) is 27.8 Å². The monoisotopic (exact) mass is 463 g/mol. The van der Waals surface area contributed by atoms with Gasteiger partial charge < -0.3 is 4.57 Å². The fraction of sp³-hybridized carbons (Fsp3) is 0.138. The molecule has 1 aliphatic heterocycles. The van der Waals surface area contributed by atoms with Crippen molar-refractivity contribution in [3.8, 4) is 0 Å². The van der Waals surface area contributed by atoms with Crippen molar-refractivity contribution in [2.24, 2.45) is 0 Å². The molecule has 174 valence electrons. The Morgan fingerprint density at radius 2 is 1.51 bits per heavy atom. The molecular weight excluding hydrogens is 438 g/mol. The molecule has 4 amide bonds. The smallest absolute Gasteiger partial charge is 0.335 e. The van der Waals surface area contributed by atoms with E-state index < -0.39 is 17.8 Å². The second-order valence-corrected chi connectivity index (χ2v) is 9.02. The van der Waals surface area contributed by atoms with Crippen LogP contribution < -0.4 is 10.2 Å². The molecule has 35 heavy (non-hydrogen) atoms. The first-order valence-corrected chi connectivity index (χ1v) is 11.4. The van der Waals surface area contributed by atoms with Gasteiger partial charge >= 0.3 is 6.03 Å². The van der Waals surface area contributed by atoms with Crippen molar-refractivity contribution in [2.45, 2.75) is 27.3 Å². The molecular formula is C29H25N3O3. The van der Waals surface area contributed by atoms with Gasteiger partial charge in [0.05, 0.1) is 5.69 Å². The maximum Gasteiger partial charge on any atom is 0.335 e. The van der Waals surface area contributed by atoms with Crippen LogP contribution in [0, 0.1) is 20.8 Å². The predicted octanol–water partition coefficient (Wildman–Crippen LogP) is 5.28. The maximum atomic E-state index is 13.4. The Labute approximate surface area is 203 Å². The van der Waals surface area contributed by atoms with E-state index in [9.17, 15) is 14.4 Å². The van der Waals surface area contributed by atoms with Crippen molar-refractivity contribution in [3.05, 3.63) is 106 Å². The van der Waals surface area contributed by atoms with Crippen LogP contribution in [-0.4, -0.2) is 22.4 Å². The minimum atomic E-state index is -0.746. The summed E-state index contributed by atoms with van der Waals surface area (Å²) in [4.78, 5) is 39.8. The van der Waals surface area contributed by atoms with Crippen LogP contribution in [0.3, 0.4) is 0 Å². The van der Waals surface area contributed by atoms with Gasteiger partial charge in [-0.3, -0.25) is 14.9 Å². The number of hydrogen-bond donors (Lipinski definition) is 1. The number of benzene rings is 3.